The predicted octanol–water partition coefficient (Wildman–Crippen LogP) is 4.08. The molecule has 3 heteroatoms. The molecule has 0 heterocycles. The fourth-order valence-electron chi connectivity index (χ4n) is 3.20. The molecule has 2 rings (SSSR count). The van der Waals surface area contributed by atoms with Crippen LogP contribution in [0.3, 0.4) is 0 Å². The third kappa shape index (κ3) is 3.06. The lowest BCUT2D eigenvalue weighted by Crippen LogP contribution is -2.44. The Kier molecular flexibility index (Phi) is 4.42. The number of benzene rings is 1. The molecule has 19 heavy (non-hydrogen) atoms. The Morgan fingerprint density at radius 3 is 2.84 bits per heavy atom. The maximum Gasteiger partial charge on any atom is 0.122 e. The van der Waals surface area contributed by atoms with Crippen LogP contribution in [0.2, 0.25) is 5.02 Å². The van der Waals surface area contributed by atoms with Crippen molar-refractivity contribution in [3.8, 4) is 5.75 Å². The summed E-state index contributed by atoms with van der Waals surface area (Å²) in [5, 5.41) is 11.7. The van der Waals surface area contributed by atoms with Gasteiger partial charge in [-0.3, -0.25) is 0 Å². The monoisotopic (exact) mass is 282 g/mol. The van der Waals surface area contributed by atoms with Crippen LogP contribution in [0.15, 0.2) is 18.2 Å². The van der Waals surface area contributed by atoms with Gasteiger partial charge in [-0.05, 0) is 42.0 Å². The van der Waals surface area contributed by atoms with Crippen LogP contribution in [0.5, 0.6) is 5.75 Å². The van der Waals surface area contributed by atoms with E-state index in [2.05, 4.69) is 13.8 Å². The maximum atomic E-state index is 11.0. The zero-order valence-corrected chi connectivity index (χ0v) is 12.7. The van der Waals surface area contributed by atoms with Crippen LogP contribution >= 0.6 is 11.6 Å². The maximum absolute atomic E-state index is 11.0. The number of hydrogen-bond donors (Lipinski definition) is 1. The van der Waals surface area contributed by atoms with Crippen LogP contribution in [0.25, 0.3) is 0 Å². The van der Waals surface area contributed by atoms with E-state index >= 15 is 0 Å². The summed E-state index contributed by atoms with van der Waals surface area (Å²) in [6.07, 6.45) is 3.76. The van der Waals surface area contributed by atoms with E-state index < -0.39 is 5.60 Å². The van der Waals surface area contributed by atoms with Gasteiger partial charge in [0.05, 0.1) is 12.7 Å². The van der Waals surface area contributed by atoms with Gasteiger partial charge in [0.15, 0.2) is 0 Å². The van der Waals surface area contributed by atoms with E-state index in [0.29, 0.717) is 23.3 Å². The van der Waals surface area contributed by atoms with E-state index in [4.69, 9.17) is 16.3 Å². The number of methoxy groups -OCH3 is 1. The van der Waals surface area contributed by atoms with Gasteiger partial charge in [0.2, 0.25) is 0 Å². The van der Waals surface area contributed by atoms with Gasteiger partial charge in [0.1, 0.15) is 5.75 Å². The molecule has 106 valence electrons. The summed E-state index contributed by atoms with van der Waals surface area (Å²) in [5.74, 6) is 1.66. The molecule has 0 radical (unpaired) electrons. The predicted molar refractivity (Wildman–Crippen MR) is 78.8 cm³/mol. The first-order valence-corrected chi connectivity index (χ1v) is 7.39. The highest BCUT2D eigenvalue weighted by atomic mass is 35.5. The third-order valence-electron chi connectivity index (χ3n) is 4.71. The van der Waals surface area contributed by atoms with Crippen molar-refractivity contribution in [2.24, 2.45) is 11.8 Å². The molecule has 1 aromatic carbocycles. The first-order valence-electron chi connectivity index (χ1n) is 7.01. The first-order chi connectivity index (χ1) is 8.96. The average molecular weight is 283 g/mol. The quantitative estimate of drug-likeness (QED) is 0.905. The summed E-state index contributed by atoms with van der Waals surface area (Å²) >= 11 is 6.06. The molecule has 0 aromatic heterocycles. The fourth-order valence-corrected chi connectivity index (χ4v) is 3.40. The highest BCUT2D eigenvalue weighted by Crippen LogP contribution is 2.41. The van der Waals surface area contributed by atoms with Crippen molar-refractivity contribution in [2.45, 2.75) is 45.1 Å². The Morgan fingerprint density at radius 1 is 1.42 bits per heavy atom. The van der Waals surface area contributed by atoms with Gasteiger partial charge >= 0.3 is 0 Å². The first kappa shape index (κ1) is 14.7. The van der Waals surface area contributed by atoms with Crippen LogP contribution in [-0.2, 0) is 6.42 Å². The summed E-state index contributed by atoms with van der Waals surface area (Å²) in [6.45, 7) is 4.38. The van der Waals surface area contributed by atoms with Crippen molar-refractivity contribution in [2.75, 3.05) is 7.11 Å². The highest BCUT2D eigenvalue weighted by molar-refractivity contribution is 6.30. The van der Waals surface area contributed by atoms with Gasteiger partial charge in [-0.2, -0.15) is 0 Å². The summed E-state index contributed by atoms with van der Waals surface area (Å²) in [6, 6.07) is 5.60. The van der Waals surface area contributed by atoms with E-state index in [1.54, 1.807) is 7.11 Å². The van der Waals surface area contributed by atoms with Crippen molar-refractivity contribution in [1.29, 1.82) is 0 Å². The van der Waals surface area contributed by atoms with Crippen molar-refractivity contribution >= 4 is 11.6 Å². The Balaban J connectivity index is 2.26. The minimum Gasteiger partial charge on any atom is -0.496 e. The van der Waals surface area contributed by atoms with E-state index in [-0.39, 0.29) is 0 Å². The Morgan fingerprint density at radius 2 is 2.16 bits per heavy atom. The Labute approximate surface area is 120 Å². The molecule has 3 unspecified atom stereocenters. The largest absolute Gasteiger partial charge is 0.496 e. The fraction of sp³-hybridized carbons (Fsp3) is 0.625. The van der Waals surface area contributed by atoms with Gasteiger partial charge < -0.3 is 9.84 Å². The smallest absolute Gasteiger partial charge is 0.122 e. The van der Waals surface area contributed by atoms with Crippen molar-refractivity contribution < 1.29 is 9.84 Å². The van der Waals surface area contributed by atoms with E-state index in [9.17, 15) is 5.11 Å². The van der Waals surface area contributed by atoms with E-state index in [0.717, 1.165) is 24.2 Å². The second-order valence-electron chi connectivity index (χ2n) is 5.89. The van der Waals surface area contributed by atoms with Gasteiger partial charge in [-0.15, -0.1) is 0 Å². The minimum absolute atomic E-state index is 0.296. The molecular formula is C16H23ClO2. The highest BCUT2D eigenvalue weighted by Gasteiger charge is 2.40. The standard InChI is InChI=1S/C16H23ClO2/c1-11-5-4-8-16(18,12(11)2)10-13-9-14(17)6-7-15(13)19-3/h6-7,9,11-12,18H,4-5,8,10H2,1-3H3. The van der Waals surface area contributed by atoms with Crippen LogP contribution in [-0.4, -0.2) is 17.8 Å². The van der Waals surface area contributed by atoms with Gasteiger partial charge in [-0.25, -0.2) is 0 Å². The lowest BCUT2D eigenvalue weighted by Gasteiger charge is -2.42. The van der Waals surface area contributed by atoms with Crippen molar-refractivity contribution in [1.82, 2.24) is 0 Å². The summed E-state index contributed by atoms with van der Waals surface area (Å²) in [7, 11) is 1.66. The molecule has 1 aromatic rings. The Hall–Kier alpha value is -0.730. The molecule has 2 nitrogen and oxygen atoms in total. The number of halogens is 1. The van der Waals surface area contributed by atoms with Gasteiger partial charge in [-0.1, -0.05) is 38.3 Å². The third-order valence-corrected chi connectivity index (χ3v) is 4.94. The number of aliphatic hydroxyl groups is 1. The number of rotatable bonds is 3. The minimum atomic E-state index is -0.643. The van der Waals surface area contributed by atoms with Gasteiger partial charge in [0, 0.05) is 11.4 Å². The second-order valence-corrected chi connectivity index (χ2v) is 6.33. The van der Waals surface area contributed by atoms with Gasteiger partial charge in [0.25, 0.3) is 0 Å². The SMILES string of the molecule is COc1ccc(Cl)cc1CC1(O)CCCC(C)C1C. The molecule has 0 bridgehead atoms. The molecule has 3 atom stereocenters. The zero-order valence-electron chi connectivity index (χ0n) is 11.9. The lowest BCUT2D eigenvalue weighted by molar-refractivity contribution is -0.0623. The zero-order chi connectivity index (χ0) is 14.0. The number of hydrogen-bond acceptors (Lipinski definition) is 2. The molecule has 1 aliphatic carbocycles. The van der Waals surface area contributed by atoms with E-state index in [1.165, 1.54) is 6.42 Å². The normalized spacial score (nSPS) is 31.2. The molecule has 1 saturated carbocycles. The molecule has 1 aliphatic rings. The van der Waals surface area contributed by atoms with Crippen molar-refractivity contribution in [3.05, 3.63) is 28.8 Å². The Bertz CT molecular complexity index is 446. The van der Waals surface area contributed by atoms with Crippen LogP contribution in [0.4, 0.5) is 0 Å². The molecule has 0 aliphatic heterocycles. The van der Waals surface area contributed by atoms with Crippen LogP contribution in [0.1, 0.15) is 38.7 Å². The summed E-state index contributed by atoms with van der Waals surface area (Å²) < 4.78 is 5.38. The molecule has 0 spiro atoms. The van der Waals surface area contributed by atoms with Crippen LogP contribution in [0, 0.1) is 11.8 Å². The lowest BCUT2D eigenvalue weighted by atomic mass is 9.68. The van der Waals surface area contributed by atoms with Crippen LogP contribution < -0.4 is 4.74 Å². The summed E-state index contributed by atoms with van der Waals surface area (Å²) in [4.78, 5) is 0. The molecular weight excluding hydrogens is 260 g/mol. The molecule has 0 saturated heterocycles. The molecule has 0 amide bonds. The average Bonchev–Trinajstić information content (AvgIpc) is 2.36. The number of ether oxygens (including phenoxy) is 1. The second kappa shape index (κ2) is 5.72. The molecule has 1 fully saturated rings. The van der Waals surface area contributed by atoms with E-state index in [1.807, 2.05) is 18.2 Å². The van der Waals surface area contributed by atoms with Crippen molar-refractivity contribution in [3.63, 3.8) is 0 Å². The molecule has 1 N–H and O–H groups in total. The topological polar surface area (TPSA) is 29.5 Å². The summed E-state index contributed by atoms with van der Waals surface area (Å²) in [5.41, 5.74) is 0.355.